The number of ether oxygens (including phenoxy) is 2. The molecule has 3 N–H and O–H groups in total. The molecule has 0 atom stereocenters. The third kappa shape index (κ3) is 4.20. The molecule has 1 rings (SSSR count). The highest BCUT2D eigenvalue weighted by Crippen LogP contribution is 2.34. The maximum atomic E-state index is 11.4. The van der Waals surface area contributed by atoms with E-state index in [1.165, 1.54) is 14.2 Å². The lowest BCUT2D eigenvalue weighted by Crippen LogP contribution is -2.17. The van der Waals surface area contributed by atoms with Crippen LogP contribution in [0, 0.1) is 0 Å². The van der Waals surface area contributed by atoms with Gasteiger partial charge in [-0.25, -0.2) is 8.42 Å². The highest BCUT2D eigenvalue weighted by Gasteiger charge is 2.10. The summed E-state index contributed by atoms with van der Waals surface area (Å²) in [6.45, 7) is 1.93. The highest BCUT2D eigenvalue weighted by atomic mass is 32.2. The first kappa shape index (κ1) is 15.4. The summed E-state index contributed by atoms with van der Waals surface area (Å²) in [6.07, 6.45) is 0. The molecule has 0 aliphatic rings. The summed E-state index contributed by atoms with van der Waals surface area (Å²) in [5, 5.41) is 2.99. The Hall–Kier alpha value is -1.63. The molecule has 0 bridgehead atoms. The average Bonchev–Trinajstić information content (AvgIpc) is 2.40. The topological polar surface area (TPSA) is 90.7 Å². The molecule has 0 radical (unpaired) electrons. The molecule has 0 aliphatic heterocycles. The predicted molar refractivity (Wildman–Crippen MR) is 76.8 cm³/mol. The molecule has 6 nitrogen and oxygen atoms in total. The van der Waals surface area contributed by atoms with Crippen LogP contribution in [0.4, 0.5) is 11.4 Å². The molecular weight excluding hydrogens is 268 g/mol. The van der Waals surface area contributed by atoms with E-state index >= 15 is 0 Å². The highest BCUT2D eigenvalue weighted by molar-refractivity contribution is 7.91. The number of anilines is 2. The number of rotatable bonds is 7. The Morgan fingerprint density at radius 3 is 2.32 bits per heavy atom. The van der Waals surface area contributed by atoms with Crippen molar-refractivity contribution in [1.82, 2.24) is 0 Å². The van der Waals surface area contributed by atoms with Crippen molar-refractivity contribution in [3.8, 4) is 11.5 Å². The second-order valence-corrected chi connectivity index (χ2v) is 6.43. The molecule has 1 aromatic rings. The summed E-state index contributed by atoms with van der Waals surface area (Å²) in [5.41, 5.74) is 6.96. The van der Waals surface area contributed by atoms with E-state index < -0.39 is 9.84 Å². The number of nitrogens with two attached hydrogens (primary N) is 1. The van der Waals surface area contributed by atoms with Gasteiger partial charge in [-0.3, -0.25) is 0 Å². The van der Waals surface area contributed by atoms with Crippen LogP contribution in [0.1, 0.15) is 6.92 Å². The number of nitrogen functional groups attached to an aromatic ring is 1. The van der Waals surface area contributed by atoms with Gasteiger partial charge in [0.2, 0.25) is 0 Å². The summed E-state index contributed by atoms with van der Waals surface area (Å²) in [4.78, 5) is 0. The summed E-state index contributed by atoms with van der Waals surface area (Å²) in [5.74, 6) is 1.28. The quantitative estimate of drug-likeness (QED) is 0.731. The van der Waals surface area contributed by atoms with Gasteiger partial charge in [-0.1, -0.05) is 6.92 Å². The van der Waals surface area contributed by atoms with Crippen LogP contribution in [0.5, 0.6) is 11.5 Å². The van der Waals surface area contributed by atoms with Gasteiger partial charge in [0.15, 0.2) is 21.3 Å². The SMILES string of the molecule is CCS(=O)(=O)CCNc1cc(OC)c(OC)cc1N. The number of hydrogen-bond acceptors (Lipinski definition) is 6. The van der Waals surface area contributed by atoms with Crippen LogP contribution >= 0.6 is 0 Å². The van der Waals surface area contributed by atoms with Gasteiger partial charge >= 0.3 is 0 Å². The number of benzene rings is 1. The van der Waals surface area contributed by atoms with Gasteiger partial charge in [-0.2, -0.15) is 0 Å². The molecule has 19 heavy (non-hydrogen) atoms. The van der Waals surface area contributed by atoms with Crippen LogP contribution in [-0.4, -0.2) is 40.7 Å². The fraction of sp³-hybridized carbons (Fsp3) is 0.500. The second kappa shape index (κ2) is 6.51. The molecule has 0 aromatic heterocycles. The molecule has 0 spiro atoms. The zero-order valence-corrected chi connectivity index (χ0v) is 12.2. The molecule has 0 amide bonds. The summed E-state index contributed by atoms with van der Waals surface area (Å²) in [7, 11) is 0.0629. The lowest BCUT2D eigenvalue weighted by Gasteiger charge is -2.14. The summed E-state index contributed by atoms with van der Waals surface area (Å²) >= 11 is 0. The molecule has 0 heterocycles. The molecular formula is C12H20N2O4S. The van der Waals surface area contributed by atoms with E-state index in [2.05, 4.69) is 5.32 Å². The van der Waals surface area contributed by atoms with Crippen LogP contribution in [-0.2, 0) is 9.84 Å². The lowest BCUT2D eigenvalue weighted by atomic mass is 10.2. The molecule has 0 fully saturated rings. The fourth-order valence-electron chi connectivity index (χ4n) is 1.53. The minimum Gasteiger partial charge on any atom is -0.493 e. The monoisotopic (exact) mass is 288 g/mol. The molecule has 7 heteroatoms. The van der Waals surface area contributed by atoms with Gasteiger partial charge < -0.3 is 20.5 Å². The minimum absolute atomic E-state index is 0.0668. The first-order valence-corrected chi connectivity index (χ1v) is 7.71. The third-order valence-electron chi connectivity index (χ3n) is 2.72. The smallest absolute Gasteiger partial charge is 0.162 e. The Morgan fingerprint density at radius 2 is 1.79 bits per heavy atom. The van der Waals surface area contributed by atoms with Crippen LogP contribution in [0.3, 0.4) is 0 Å². The Balaban J connectivity index is 2.79. The zero-order valence-electron chi connectivity index (χ0n) is 11.4. The largest absolute Gasteiger partial charge is 0.493 e. The van der Waals surface area contributed by atoms with Crippen molar-refractivity contribution in [2.45, 2.75) is 6.92 Å². The van der Waals surface area contributed by atoms with E-state index in [9.17, 15) is 8.42 Å². The van der Waals surface area contributed by atoms with Gasteiger partial charge in [0, 0.05) is 24.4 Å². The van der Waals surface area contributed by atoms with Crippen molar-refractivity contribution in [2.75, 3.05) is 43.3 Å². The van der Waals surface area contributed by atoms with Gasteiger partial charge in [0.05, 0.1) is 31.3 Å². The van der Waals surface area contributed by atoms with E-state index in [0.29, 0.717) is 29.4 Å². The van der Waals surface area contributed by atoms with Crippen LogP contribution in [0.2, 0.25) is 0 Å². The minimum atomic E-state index is -2.99. The normalized spacial score (nSPS) is 11.1. The Morgan fingerprint density at radius 1 is 1.21 bits per heavy atom. The van der Waals surface area contributed by atoms with Crippen molar-refractivity contribution in [3.05, 3.63) is 12.1 Å². The van der Waals surface area contributed by atoms with Crippen molar-refractivity contribution >= 4 is 21.2 Å². The number of nitrogens with one attached hydrogen (secondary N) is 1. The average molecular weight is 288 g/mol. The summed E-state index contributed by atoms with van der Waals surface area (Å²) in [6, 6.07) is 3.32. The van der Waals surface area contributed by atoms with Gasteiger partial charge in [-0.05, 0) is 0 Å². The Bertz CT molecular complexity index is 529. The zero-order chi connectivity index (χ0) is 14.5. The van der Waals surface area contributed by atoms with E-state index in [1.54, 1.807) is 19.1 Å². The van der Waals surface area contributed by atoms with Crippen molar-refractivity contribution in [2.24, 2.45) is 0 Å². The van der Waals surface area contributed by atoms with Crippen molar-refractivity contribution in [3.63, 3.8) is 0 Å². The fourth-order valence-corrected chi connectivity index (χ4v) is 2.24. The van der Waals surface area contributed by atoms with E-state index in [-0.39, 0.29) is 11.5 Å². The molecule has 0 aliphatic carbocycles. The molecule has 0 unspecified atom stereocenters. The van der Waals surface area contributed by atoms with Gasteiger partial charge in [0.1, 0.15) is 0 Å². The standard InChI is InChI=1S/C12H20N2O4S/c1-4-19(15,16)6-5-14-10-8-12(18-3)11(17-2)7-9(10)13/h7-8,14H,4-6,13H2,1-3H3. The molecule has 1 aromatic carbocycles. The second-order valence-electron chi connectivity index (χ2n) is 3.96. The Labute approximate surface area is 113 Å². The van der Waals surface area contributed by atoms with E-state index in [1.807, 2.05) is 0 Å². The number of hydrogen-bond donors (Lipinski definition) is 2. The van der Waals surface area contributed by atoms with Gasteiger partial charge in [-0.15, -0.1) is 0 Å². The van der Waals surface area contributed by atoms with Crippen LogP contribution in [0.25, 0.3) is 0 Å². The predicted octanol–water partition coefficient (Wildman–Crippen LogP) is 1.13. The summed E-state index contributed by atoms with van der Waals surface area (Å²) < 4.78 is 33.0. The molecule has 0 saturated carbocycles. The molecule has 0 saturated heterocycles. The Kier molecular flexibility index (Phi) is 5.29. The first-order chi connectivity index (χ1) is 8.93. The number of methoxy groups -OCH3 is 2. The van der Waals surface area contributed by atoms with Crippen LogP contribution < -0.4 is 20.5 Å². The third-order valence-corrected chi connectivity index (χ3v) is 4.43. The van der Waals surface area contributed by atoms with E-state index in [0.717, 1.165) is 0 Å². The van der Waals surface area contributed by atoms with Crippen molar-refractivity contribution < 1.29 is 17.9 Å². The number of sulfone groups is 1. The maximum Gasteiger partial charge on any atom is 0.162 e. The van der Waals surface area contributed by atoms with E-state index in [4.69, 9.17) is 15.2 Å². The maximum absolute atomic E-state index is 11.4. The van der Waals surface area contributed by atoms with Crippen molar-refractivity contribution in [1.29, 1.82) is 0 Å². The van der Waals surface area contributed by atoms with Crippen LogP contribution in [0.15, 0.2) is 12.1 Å². The first-order valence-electron chi connectivity index (χ1n) is 5.89. The lowest BCUT2D eigenvalue weighted by molar-refractivity contribution is 0.355. The van der Waals surface area contributed by atoms with Gasteiger partial charge in [0.25, 0.3) is 0 Å². The molecule has 108 valence electrons.